The van der Waals surface area contributed by atoms with Crippen molar-refractivity contribution in [3.8, 4) is 0 Å². The summed E-state index contributed by atoms with van der Waals surface area (Å²) in [5, 5.41) is 12.4. The van der Waals surface area contributed by atoms with E-state index in [1.807, 2.05) is 19.1 Å². The molecule has 1 saturated heterocycles. The summed E-state index contributed by atoms with van der Waals surface area (Å²) < 4.78 is 1.70. The summed E-state index contributed by atoms with van der Waals surface area (Å²) in [7, 11) is 2.13. The summed E-state index contributed by atoms with van der Waals surface area (Å²) in [6.07, 6.45) is 5.11. The molecule has 118 valence electrons. The lowest BCUT2D eigenvalue weighted by molar-refractivity contribution is 0.194. The predicted octanol–water partition coefficient (Wildman–Crippen LogP) is 0.543. The van der Waals surface area contributed by atoms with E-state index < -0.39 is 0 Å². The summed E-state index contributed by atoms with van der Waals surface area (Å²) in [5.74, 6) is 0.956. The second-order valence-corrected chi connectivity index (χ2v) is 5.89. The van der Waals surface area contributed by atoms with Crippen LogP contribution in [0.1, 0.15) is 11.4 Å². The fraction of sp³-hybridized carbons (Fsp3) is 0.400. The molecule has 3 aromatic heterocycles. The van der Waals surface area contributed by atoms with E-state index >= 15 is 0 Å². The van der Waals surface area contributed by atoms with Gasteiger partial charge in [-0.2, -0.15) is 4.52 Å². The Kier molecular flexibility index (Phi) is 3.38. The molecule has 1 fully saturated rings. The molecule has 0 aromatic carbocycles. The fourth-order valence-electron chi connectivity index (χ4n) is 2.77. The maximum Gasteiger partial charge on any atom is 0.177 e. The average molecular weight is 310 g/mol. The van der Waals surface area contributed by atoms with Gasteiger partial charge in [-0.25, -0.2) is 0 Å². The number of aryl methyl sites for hydroxylation is 1. The summed E-state index contributed by atoms with van der Waals surface area (Å²) in [4.78, 5) is 13.3. The van der Waals surface area contributed by atoms with Gasteiger partial charge in [0.05, 0.1) is 11.4 Å². The lowest BCUT2D eigenvalue weighted by atomic mass is 10.1. The first kappa shape index (κ1) is 14.0. The Labute approximate surface area is 133 Å². The van der Waals surface area contributed by atoms with Crippen LogP contribution in [-0.2, 0) is 6.54 Å². The van der Waals surface area contributed by atoms with Gasteiger partial charge in [-0.3, -0.25) is 14.9 Å². The number of anilines is 1. The average Bonchev–Trinajstić information content (AvgIpc) is 2.96. The maximum atomic E-state index is 4.53. The van der Waals surface area contributed by atoms with Crippen LogP contribution in [0.25, 0.3) is 5.65 Å². The molecule has 0 spiro atoms. The predicted molar refractivity (Wildman–Crippen MR) is 85.0 cm³/mol. The highest BCUT2D eigenvalue weighted by Crippen LogP contribution is 2.22. The monoisotopic (exact) mass is 310 g/mol. The van der Waals surface area contributed by atoms with Crippen molar-refractivity contribution in [1.82, 2.24) is 34.7 Å². The van der Waals surface area contributed by atoms with Crippen LogP contribution in [0, 0.1) is 6.92 Å². The van der Waals surface area contributed by atoms with E-state index in [2.05, 4.69) is 42.1 Å². The molecule has 8 heteroatoms. The molecule has 0 atom stereocenters. The number of hydrogen-bond acceptors (Lipinski definition) is 7. The van der Waals surface area contributed by atoms with Crippen molar-refractivity contribution in [3.05, 3.63) is 42.2 Å². The van der Waals surface area contributed by atoms with Gasteiger partial charge < -0.3 is 4.90 Å². The first-order valence-electron chi connectivity index (χ1n) is 7.59. The summed E-state index contributed by atoms with van der Waals surface area (Å²) >= 11 is 0. The van der Waals surface area contributed by atoms with Crippen LogP contribution < -0.4 is 4.90 Å². The van der Waals surface area contributed by atoms with Crippen LogP contribution in [0.5, 0.6) is 0 Å². The first-order valence-corrected chi connectivity index (χ1v) is 7.59. The van der Waals surface area contributed by atoms with Gasteiger partial charge in [0.15, 0.2) is 5.65 Å². The van der Waals surface area contributed by atoms with Gasteiger partial charge in [0.25, 0.3) is 0 Å². The fourth-order valence-corrected chi connectivity index (χ4v) is 2.77. The molecule has 23 heavy (non-hydrogen) atoms. The summed E-state index contributed by atoms with van der Waals surface area (Å²) in [6.45, 7) is 4.73. The molecule has 0 bridgehead atoms. The van der Waals surface area contributed by atoms with Crippen LogP contribution in [0.2, 0.25) is 0 Å². The molecule has 8 nitrogen and oxygen atoms in total. The smallest absolute Gasteiger partial charge is 0.177 e. The molecule has 1 aliphatic heterocycles. The third-order valence-electron chi connectivity index (χ3n) is 4.34. The van der Waals surface area contributed by atoms with Gasteiger partial charge in [-0.05, 0) is 26.1 Å². The zero-order valence-electron chi connectivity index (χ0n) is 13.2. The van der Waals surface area contributed by atoms with E-state index in [9.17, 15) is 0 Å². The minimum Gasteiger partial charge on any atom is -0.352 e. The minimum absolute atomic E-state index is 0.495. The Morgan fingerprint density at radius 3 is 2.87 bits per heavy atom. The molecule has 0 amide bonds. The third-order valence-corrected chi connectivity index (χ3v) is 4.34. The van der Waals surface area contributed by atoms with E-state index in [4.69, 9.17) is 0 Å². The topological polar surface area (TPSA) is 75.3 Å². The van der Waals surface area contributed by atoms with E-state index in [1.165, 1.54) is 0 Å². The minimum atomic E-state index is 0.495. The second kappa shape index (κ2) is 5.54. The van der Waals surface area contributed by atoms with Crippen molar-refractivity contribution in [1.29, 1.82) is 0 Å². The number of hydrogen-bond donors (Lipinski definition) is 0. The van der Waals surface area contributed by atoms with Crippen LogP contribution in [0.3, 0.4) is 0 Å². The van der Waals surface area contributed by atoms with Crippen molar-refractivity contribution in [2.24, 2.45) is 0 Å². The van der Waals surface area contributed by atoms with Gasteiger partial charge in [0.1, 0.15) is 12.1 Å². The van der Waals surface area contributed by atoms with Crippen molar-refractivity contribution in [2.45, 2.75) is 19.5 Å². The summed E-state index contributed by atoms with van der Waals surface area (Å²) in [5.41, 5.74) is 2.80. The molecule has 0 N–H and O–H groups in total. The standard InChI is InChI=1S/C15H18N8/c1-11-13(17-6-5-16-11)9-21(2)12-7-22(8-12)15-4-3-14-19-18-10-23(14)20-15/h3-6,10,12H,7-9H2,1-2H3. The van der Waals surface area contributed by atoms with Crippen LogP contribution in [-0.4, -0.2) is 60.9 Å². The maximum absolute atomic E-state index is 4.53. The Hall–Kier alpha value is -2.61. The molecule has 4 heterocycles. The van der Waals surface area contributed by atoms with Gasteiger partial charge in [0.2, 0.25) is 0 Å². The van der Waals surface area contributed by atoms with Crippen molar-refractivity contribution in [2.75, 3.05) is 25.0 Å². The van der Waals surface area contributed by atoms with Crippen LogP contribution >= 0.6 is 0 Å². The van der Waals surface area contributed by atoms with Gasteiger partial charge >= 0.3 is 0 Å². The van der Waals surface area contributed by atoms with Crippen molar-refractivity contribution >= 4 is 11.5 Å². The number of fused-ring (bicyclic) bond motifs is 1. The first-order chi connectivity index (χ1) is 11.2. The Morgan fingerprint density at radius 1 is 1.22 bits per heavy atom. The number of rotatable bonds is 4. The van der Waals surface area contributed by atoms with Gasteiger partial charge in [0, 0.05) is 38.1 Å². The Morgan fingerprint density at radius 2 is 2.04 bits per heavy atom. The molecule has 0 radical (unpaired) electrons. The highest BCUT2D eigenvalue weighted by molar-refractivity contribution is 5.47. The normalized spacial score (nSPS) is 15.3. The molecular weight excluding hydrogens is 292 g/mol. The van der Waals surface area contributed by atoms with Crippen molar-refractivity contribution in [3.63, 3.8) is 0 Å². The lowest BCUT2D eigenvalue weighted by Gasteiger charge is -2.44. The molecular formula is C15H18N8. The number of likely N-dealkylation sites (N-methyl/N-ethyl adjacent to an activating group) is 1. The lowest BCUT2D eigenvalue weighted by Crippen LogP contribution is -2.58. The molecule has 1 aliphatic rings. The van der Waals surface area contributed by atoms with Crippen LogP contribution in [0.15, 0.2) is 30.9 Å². The largest absolute Gasteiger partial charge is 0.352 e. The van der Waals surface area contributed by atoms with E-state index in [0.717, 1.165) is 42.5 Å². The van der Waals surface area contributed by atoms with E-state index in [0.29, 0.717) is 6.04 Å². The Bertz CT molecular complexity index is 823. The van der Waals surface area contributed by atoms with Gasteiger partial charge in [-0.15, -0.1) is 15.3 Å². The third kappa shape index (κ3) is 2.61. The van der Waals surface area contributed by atoms with E-state index in [1.54, 1.807) is 23.2 Å². The summed E-state index contributed by atoms with van der Waals surface area (Å²) in [6, 6.07) is 4.43. The quantitative estimate of drug-likeness (QED) is 0.696. The molecule has 0 unspecified atom stereocenters. The number of nitrogens with zero attached hydrogens (tertiary/aromatic N) is 8. The number of aromatic nitrogens is 6. The zero-order chi connectivity index (χ0) is 15.8. The highest BCUT2D eigenvalue weighted by atomic mass is 15.4. The SMILES string of the molecule is Cc1nccnc1CN(C)C1CN(c2ccc3nncn3n2)C1. The van der Waals surface area contributed by atoms with E-state index in [-0.39, 0.29) is 0 Å². The van der Waals surface area contributed by atoms with Gasteiger partial charge in [-0.1, -0.05) is 0 Å². The van der Waals surface area contributed by atoms with Crippen LogP contribution in [0.4, 0.5) is 5.82 Å². The molecule has 0 saturated carbocycles. The highest BCUT2D eigenvalue weighted by Gasteiger charge is 2.31. The molecule has 3 aromatic rings. The zero-order valence-corrected chi connectivity index (χ0v) is 13.2. The Balaban J connectivity index is 1.39. The molecule has 4 rings (SSSR count). The van der Waals surface area contributed by atoms with Crippen molar-refractivity contribution < 1.29 is 0 Å². The molecule has 0 aliphatic carbocycles. The second-order valence-electron chi connectivity index (χ2n) is 5.89.